The van der Waals surface area contributed by atoms with E-state index in [4.69, 9.17) is 0 Å². The summed E-state index contributed by atoms with van der Waals surface area (Å²) in [4.78, 5) is 4.84. The summed E-state index contributed by atoms with van der Waals surface area (Å²) < 4.78 is 24.4. The fourth-order valence-corrected chi connectivity index (χ4v) is 3.30. The number of hydrogen-bond acceptors (Lipinski definition) is 3. The average Bonchev–Trinajstić information content (AvgIpc) is 2.55. The van der Waals surface area contributed by atoms with Gasteiger partial charge in [-0.05, 0) is 25.5 Å². The lowest BCUT2D eigenvalue weighted by Crippen LogP contribution is -2.39. The Kier molecular flexibility index (Phi) is 13.0. The van der Waals surface area contributed by atoms with Crippen LogP contribution in [0.15, 0.2) is 40.2 Å². The molecule has 138 valence electrons. The van der Waals surface area contributed by atoms with Crippen LogP contribution in [0, 0.1) is 0 Å². The molecular formula is C17H30IN3O2S. The molecule has 24 heavy (non-hydrogen) atoms. The van der Waals surface area contributed by atoms with Crippen LogP contribution in [0.25, 0.3) is 0 Å². The van der Waals surface area contributed by atoms with Gasteiger partial charge in [-0.3, -0.25) is 4.99 Å². The van der Waals surface area contributed by atoms with Crippen LogP contribution < -0.4 is 10.6 Å². The van der Waals surface area contributed by atoms with E-state index >= 15 is 0 Å². The van der Waals surface area contributed by atoms with Crippen molar-refractivity contribution in [2.24, 2.45) is 4.99 Å². The van der Waals surface area contributed by atoms with E-state index in [1.165, 1.54) is 19.3 Å². The maximum Gasteiger partial charge on any atom is 0.191 e. The summed E-state index contributed by atoms with van der Waals surface area (Å²) in [7, 11) is -3.25. The second kappa shape index (κ2) is 13.5. The molecule has 0 aliphatic carbocycles. The number of nitrogens with one attached hydrogen (secondary N) is 2. The highest BCUT2D eigenvalue weighted by molar-refractivity contribution is 14.0. The first kappa shape index (κ1) is 23.2. The molecular weight excluding hydrogens is 437 g/mol. The minimum Gasteiger partial charge on any atom is -0.357 e. The molecule has 0 radical (unpaired) electrons. The smallest absolute Gasteiger partial charge is 0.191 e. The number of aliphatic imine (C=N–C) groups is 1. The normalized spacial score (nSPS) is 11.7. The Bertz CT molecular complexity index is 562. The Morgan fingerprint density at radius 3 is 2.38 bits per heavy atom. The third-order valence-corrected chi connectivity index (χ3v) is 5.12. The average molecular weight is 467 g/mol. The SMILES string of the molecule is CCCCCCN=C(NCC)NCCS(=O)(=O)c1ccccc1.I. The van der Waals surface area contributed by atoms with Gasteiger partial charge in [0.25, 0.3) is 0 Å². The molecule has 0 aliphatic heterocycles. The van der Waals surface area contributed by atoms with Crippen molar-refractivity contribution in [1.29, 1.82) is 0 Å². The topological polar surface area (TPSA) is 70.6 Å². The number of hydrogen-bond donors (Lipinski definition) is 2. The minimum absolute atomic E-state index is 0. The van der Waals surface area contributed by atoms with Crippen molar-refractivity contribution < 1.29 is 8.42 Å². The van der Waals surface area contributed by atoms with E-state index in [2.05, 4.69) is 22.5 Å². The zero-order valence-corrected chi connectivity index (χ0v) is 17.8. The fourth-order valence-electron chi connectivity index (χ4n) is 2.12. The van der Waals surface area contributed by atoms with Gasteiger partial charge in [-0.25, -0.2) is 8.42 Å². The van der Waals surface area contributed by atoms with Crippen molar-refractivity contribution in [3.8, 4) is 0 Å². The molecule has 0 unspecified atom stereocenters. The molecule has 0 fully saturated rings. The minimum atomic E-state index is -3.25. The molecule has 2 N–H and O–H groups in total. The number of guanidine groups is 1. The summed E-state index contributed by atoms with van der Waals surface area (Å²) in [5.41, 5.74) is 0. The Morgan fingerprint density at radius 2 is 1.75 bits per heavy atom. The maximum absolute atomic E-state index is 12.2. The monoisotopic (exact) mass is 467 g/mol. The van der Waals surface area contributed by atoms with E-state index in [-0.39, 0.29) is 29.7 Å². The van der Waals surface area contributed by atoms with Gasteiger partial charge in [-0.1, -0.05) is 44.4 Å². The molecule has 0 aromatic heterocycles. The van der Waals surface area contributed by atoms with Crippen LogP contribution in [0.4, 0.5) is 0 Å². The lowest BCUT2D eigenvalue weighted by Gasteiger charge is -2.11. The van der Waals surface area contributed by atoms with Gasteiger partial charge in [-0.15, -0.1) is 24.0 Å². The largest absolute Gasteiger partial charge is 0.357 e. The first-order valence-corrected chi connectivity index (χ1v) is 10.1. The van der Waals surface area contributed by atoms with E-state index in [1.54, 1.807) is 24.3 Å². The lowest BCUT2D eigenvalue weighted by molar-refractivity contribution is 0.594. The van der Waals surface area contributed by atoms with Gasteiger partial charge in [0.2, 0.25) is 0 Å². The first-order chi connectivity index (χ1) is 11.1. The molecule has 0 saturated carbocycles. The highest BCUT2D eigenvalue weighted by Crippen LogP contribution is 2.09. The third kappa shape index (κ3) is 9.46. The van der Waals surface area contributed by atoms with E-state index < -0.39 is 9.84 Å². The summed E-state index contributed by atoms with van der Waals surface area (Å²) in [5.74, 6) is 0.740. The van der Waals surface area contributed by atoms with Crippen LogP contribution in [0.1, 0.15) is 39.5 Å². The van der Waals surface area contributed by atoms with Gasteiger partial charge in [0.15, 0.2) is 15.8 Å². The molecule has 1 aromatic carbocycles. The summed E-state index contributed by atoms with van der Waals surface area (Å²) in [5, 5.41) is 6.24. The quantitative estimate of drug-likeness (QED) is 0.240. The van der Waals surface area contributed by atoms with Crippen molar-refractivity contribution in [3.63, 3.8) is 0 Å². The van der Waals surface area contributed by atoms with Crippen molar-refractivity contribution in [1.82, 2.24) is 10.6 Å². The molecule has 7 heteroatoms. The summed E-state index contributed by atoms with van der Waals surface area (Å²) in [6.45, 7) is 6.04. The van der Waals surface area contributed by atoms with Gasteiger partial charge in [-0.2, -0.15) is 0 Å². The van der Waals surface area contributed by atoms with Crippen molar-refractivity contribution in [3.05, 3.63) is 30.3 Å². The van der Waals surface area contributed by atoms with Gasteiger partial charge in [0, 0.05) is 19.6 Å². The Morgan fingerprint density at radius 1 is 1.04 bits per heavy atom. The fraction of sp³-hybridized carbons (Fsp3) is 0.588. The molecule has 1 rings (SSSR count). The Balaban J connectivity index is 0.00000529. The second-order valence-corrected chi connectivity index (χ2v) is 7.49. The van der Waals surface area contributed by atoms with E-state index in [9.17, 15) is 8.42 Å². The predicted octanol–water partition coefficient (Wildman–Crippen LogP) is 3.21. The summed E-state index contributed by atoms with van der Waals surface area (Å²) in [6, 6.07) is 8.54. The number of halogens is 1. The van der Waals surface area contributed by atoms with Crippen LogP contribution in [0.3, 0.4) is 0 Å². The van der Waals surface area contributed by atoms with Crippen LogP contribution >= 0.6 is 24.0 Å². The Labute approximate surface area is 163 Å². The van der Waals surface area contributed by atoms with Crippen molar-refractivity contribution >= 4 is 39.8 Å². The molecule has 1 aromatic rings. The van der Waals surface area contributed by atoms with Crippen LogP contribution in [-0.4, -0.2) is 39.8 Å². The van der Waals surface area contributed by atoms with E-state index in [1.807, 2.05) is 13.0 Å². The standard InChI is InChI=1S/C17H29N3O2S.HI/c1-3-5-6-10-13-19-17(18-4-2)20-14-15-23(21,22)16-11-8-7-9-12-16;/h7-9,11-12H,3-6,10,13-15H2,1-2H3,(H2,18,19,20);1H. The van der Waals surface area contributed by atoms with Crippen molar-refractivity contribution in [2.75, 3.05) is 25.4 Å². The van der Waals surface area contributed by atoms with Crippen LogP contribution in [0.5, 0.6) is 0 Å². The predicted molar refractivity (Wildman–Crippen MR) is 112 cm³/mol. The molecule has 0 bridgehead atoms. The highest BCUT2D eigenvalue weighted by Gasteiger charge is 2.13. The maximum atomic E-state index is 12.2. The van der Waals surface area contributed by atoms with Crippen LogP contribution in [0.2, 0.25) is 0 Å². The summed E-state index contributed by atoms with van der Waals surface area (Å²) >= 11 is 0. The molecule has 0 atom stereocenters. The molecule has 5 nitrogen and oxygen atoms in total. The highest BCUT2D eigenvalue weighted by atomic mass is 127. The van der Waals surface area contributed by atoms with E-state index in [0.717, 1.165) is 19.5 Å². The van der Waals surface area contributed by atoms with Gasteiger partial charge in [0.1, 0.15) is 0 Å². The number of sulfone groups is 1. The van der Waals surface area contributed by atoms with Crippen molar-refractivity contribution in [2.45, 2.75) is 44.4 Å². The van der Waals surface area contributed by atoms with E-state index in [0.29, 0.717) is 17.4 Å². The molecule has 0 saturated heterocycles. The summed E-state index contributed by atoms with van der Waals surface area (Å²) in [6.07, 6.45) is 4.68. The van der Waals surface area contributed by atoms with Gasteiger partial charge < -0.3 is 10.6 Å². The van der Waals surface area contributed by atoms with Gasteiger partial charge in [0.05, 0.1) is 10.6 Å². The third-order valence-electron chi connectivity index (χ3n) is 3.39. The van der Waals surface area contributed by atoms with Gasteiger partial charge >= 0.3 is 0 Å². The molecule has 0 amide bonds. The number of unbranched alkanes of at least 4 members (excludes halogenated alkanes) is 3. The number of nitrogens with zero attached hydrogens (tertiary/aromatic N) is 1. The molecule has 0 aliphatic rings. The second-order valence-electron chi connectivity index (χ2n) is 5.38. The Hall–Kier alpha value is -0.830. The first-order valence-electron chi connectivity index (χ1n) is 8.40. The zero-order chi connectivity index (χ0) is 17.0. The van der Waals surface area contributed by atoms with Crippen LogP contribution in [-0.2, 0) is 9.84 Å². The number of benzene rings is 1. The number of rotatable bonds is 10. The lowest BCUT2D eigenvalue weighted by atomic mass is 10.2. The molecule has 0 spiro atoms. The zero-order valence-electron chi connectivity index (χ0n) is 14.6. The molecule has 0 heterocycles.